The Morgan fingerprint density at radius 3 is 2.42 bits per heavy atom. The van der Waals surface area contributed by atoms with Crippen LogP contribution in [0.25, 0.3) is 32.8 Å². The Morgan fingerprint density at radius 2 is 1.61 bits per heavy atom. The number of fused-ring (bicyclic) bond motifs is 3. The van der Waals surface area contributed by atoms with Crippen molar-refractivity contribution in [1.29, 1.82) is 0 Å². The van der Waals surface area contributed by atoms with Crippen molar-refractivity contribution in [3.8, 4) is 0 Å². The molecule has 0 aliphatic carbocycles. The van der Waals surface area contributed by atoms with Crippen LogP contribution < -0.4 is 41.7 Å². The summed E-state index contributed by atoms with van der Waals surface area (Å²) in [6.45, 7) is 3.45. The van der Waals surface area contributed by atoms with Crippen LogP contribution in [-0.2, 0) is 48.2 Å². The summed E-state index contributed by atoms with van der Waals surface area (Å²) in [6.07, 6.45) is 11.5. The highest BCUT2D eigenvalue weighted by atomic mass is 32.1. The lowest BCUT2D eigenvalue weighted by atomic mass is 9.97. The fourth-order valence-electron chi connectivity index (χ4n) is 8.83. The van der Waals surface area contributed by atoms with E-state index in [1.165, 1.54) is 16.9 Å². The van der Waals surface area contributed by atoms with E-state index in [9.17, 15) is 39.0 Å². The average molecular weight is 1020 g/mol. The van der Waals surface area contributed by atoms with Crippen LogP contribution in [0.15, 0.2) is 127 Å². The van der Waals surface area contributed by atoms with E-state index < -0.39 is 41.6 Å². The first-order valence-electron chi connectivity index (χ1n) is 24.4. The molecule has 4 aromatic carbocycles. The number of hydrogen-bond acceptors (Lipinski definition) is 12. The average Bonchev–Trinajstić information content (AvgIpc) is 4.00. The lowest BCUT2D eigenvalue weighted by Crippen LogP contribution is -2.48. The molecule has 4 heterocycles. The minimum Gasteiger partial charge on any atom is -0.481 e. The van der Waals surface area contributed by atoms with Crippen molar-refractivity contribution in [3.05, 3.63) is 155 Å². The lowest BCUT2D eigenvalue weighted by molar-refractivity contribution is -0.670. The zero-order valence-electron chi connectivity index (χ0n) is 41.1. The maximum atomic E-state index is 13.6. The molecule has 18 nitrogen and oxygen atoms in total. The highest BCUT2D eigenvalue weighted by Gasteiger charge is 2.27. The number of carboxylic acids is 2. The minimum absolute atomic E-state index is 0.0589. The van der Waals surface area contributed by atoms with Gasteiger partial charge in [-0.2, -0.15) is 4.57 Å². The van der Waals surface area contributed by atoms with E-state index in [1.54, 1.807) is 35.3 Å². The molecule has 0 fully saturated rings. The van der Waals surface area contributed by atoms with E-state index in [2.05, 4.69) is 101 Å². The summed E-state index contributed by atoms with van der Waals surface area (Å²) in [5.41, 5.74) is 15.3. The molecule has 1 atom stereocenters. The van der Waals surface area contributed by atoms with Gasteiger partial charge >= 0.3 is 11.9 Å². The number of carboxylic acid groups (broad SMARTS) is 2. The molecule has 2 aliphatic rings. The molecule has 382 valence electrons. The molecule has 0 bridgehead atoms. The molecular formula is C55H59N10O8S+. The van der Waals surface area contributed by atoms with E-state index in [1.807, 2.05) is 56.7 Å². The molecule has 8 rings (SSSR count). The highest BCUT2D eigenvalue weighted by Crippen LogP contribution is 2.34. The molecule has 2 aliphatic heterocycles. The number of rotatable bonds is 23. The Labute approximate surface area is 431 Å². The van der Waals surface area contributed by atoms with Crippen molar-refractivity contribution in [3.63, 3.8) is 0 Å². The molecular weight excluding hydrogens is 961 g/mol. The normalized spacial score (nSPS) is 13.9. The Bertz CT molecular complexity index is 3160. The first-order valence-corrected chi connectivity index (χ1v) is 25.2. The molecule has 8 N–H and O–H groups in total. The summed E-state index contributed by atoms with van der Waals surface area (Å²) in [5.74, 6) is -5.86. The fraction of sp³-hybridized carbons (Fsp3) is 0.273. The second-order valence-corrected chi connectivity index (χ2v) is 19.4. The van der Waals surface area contributed by atoms with E-state index in [4.69, 9.17) is 0 Å². The van der Waals surface area contributed by atoms with E-state index in [0.29, 0.717) is 56.6 Å². The van der Waals surface area contributed by atoms with Gasteiger partial charge in [0.1, 0.15) is 6.04 Å². The van der Waals surface area contributed by atoms with Gasteiger partial charge in [-0.3, -0.25) is 33.8 Å². The van der Waals surface area contributed by atoms with Crippen LogP contribution in [0.4, 0.5) is 11.4 Å². The van der Waals surface area contributed by atoms with Crippen LogP contribution in [-0.4, -0.2) is 88.5 Å². The third-order valence-electron chi connectivity index (χ3n) is 12.7. The van der Waals surface area contributed by atoms with Crippen LogP contribution in [0.1, 0.15) is 59.4 Å². The van der Waals surface area contributed by atoms with Crippen LogP contribution in [0.5, 0.6) is 0 Å². The van der Waals surface area contributed by atoms with E-state index >= 15 is 0 Å². The monoisotopic (exact) mass is 1020 g/mol. The molecule has 19 heteroatoms. The second-order valence-electron chi connectivity index (χ2n) is 18.1. The van der Waals surface area contributed by atoms with Crippen molar-refractivity contribution >= 4 is 91.0 Å². The molecule has 74 heavy (non-hydrogen) atoms. The predicted octanol–water partition coefficient (Wildman–Crippen LogP) is 5.59. The Hall–Kier alpha value is -8.42. The number of carbonyl (C=O) groups is 6. The van der Waals surface area contributed by atoms with Crippen LogP contribution >= 0.6 is 11.3 Å². The molecule has 0 spiro atoms. The first kappa shape index (κ1) is 51.9. The van der Waals surface area contributed by atoms with Gasteiger partial charge in [0, 0.05) is 80.1 Å². The van der Waals surface area contributed by atoms with Crippen LogP contribution in [0.2, 0.25) is 0 Å². The molecule has 0 saturated carbocycles. The lowest BCUT2D eigenvalue weighted by Gasteiger charge is -2.23. The van der Waals surface area contributed by atoms with Gasteiger partial charge in [0.05, 0.1) is 40.0 Å². The Balaban J connectivity index is 0.794. The number of benzene rings is 4. The van der Waals surface area contributed by atoms with Gasteiger partial charge in [-0.05, 0) is 90.9 Å². The zero-order chi connectivity index (χ0) is 52.1. The quantitative estimate of drug-likeness (QED) is 0.0289. The number of thiazole rings is 1. The molecule has 2 aromatic heterocycles. The Kier molecular flexibility index (Phi) is 17.1. The van der Waals surface area contributed by atoms with Crippen molar-refractivity contribution in [2.75, 3.05) is 36.9 Å². The molecule has 4 amide bonds. The number of hydrogen-bond donors (Lipinski definition) is 8. The predicted molar refractivity (Wildman–Crippen MR) is 284 cm³/mol. The van der Waals surface area contributed by atoms with Crippen molar-refractivity contribution in [1.82, 2.24) is 36.9 Å². The molecule has 0 radical (unpaired) electrons. The number of anilines is 2. The maximum Gasteiger partial charge on any atom is 0.318 e. The van der Waals surface area contributed by atoms with Gasteiger partial charge in [-0.1, -0.05) is 54.6 Å². The second kappa shape index (κ2) is 24.3. The number of hydrazine groups is 2. The van der Waals surface area contributed by atoms with Crippen molar-refractivity contribution < 1.29 is 43.5 Å². The summed E-state index contributed by atoms with van der Waals surface area (Å²) in [6, 6.07) is 29.7. The standard InChI is InChI=1S/C55H58N10O8S/c1-35-58-45-19-18-40(32-49(45)74-35)59-52(68)33-46(60-51(67)13-7-8-36-14-16-37(17-15-36)30-44(54(70)71)55(72)73)53(69)57-24-20-41-34-65(62-61-41)29-25-56-50(66)23-28-64-27-22-39(43-10-4-6-12-48(43)64)31-38-21-26-63(2)47-11-5-3-9-42(38)47/h3-6,9-12,14-19,21-22,26-27,31-32,34,44,46,61-62H,7-8,13,20,23-25,28-30,33H2,1-2H3,(H5-,56,57,59,60,66,67,68,69,70,71,72,73)/p+1. The van der Waals surface area contributed by atoms with Gasteiger partial charge in [-0.25, -0.2) is 4.98 Å². The van der Waals surface area contributed by atoms with Crippen LogP contribution in [0, 0.1) is 12.8 Å². The highest BCUT2D eigenvalue weighted by molar-refractivity contribution is 7.18. The van der Waals surface area contributed by atoms with Gasteiger partial charge in [0.2, 0.25) is 29.1 Å². The number of para-hydroxylation sites is 2. The third-order valence-corrected chi connectivity index (χ3v) is 13.6. The van der Waals surface area contributed by atoms with E-state index in [0.717, 1.165) is 54.2 Å². The van der Waals surface area contributed by atoms with Gasteiger partial charge in [0.25, 0.3) is 0 Å². The number of amides is 4. The summed E-state index contributed by atoms with van der Waals surface area (Å²) in [7, 11) is 2.04. The Morgan fingerprint density at radius 1 is 0.838 bits per heavy atom. The SMILES string of the molecule is Cc1nc2ccc(NC(=O)CC(NC(=O)CCCc3ccc(CC(C(=O)O)C(=O)O)cc3)C(=O)NCCC3=CN(CCNC(=O)CC[n+]4ccc(/C=C5\C=CN(C)c6ccccc65)c5ccccc54)NN3)cc2s1. The largest absolute Gasteiger partial charge is 0.481 e. The molecule has 6 aromatic rings. The zero-order valence-corrected chi connectivity index (χ0v) is 41.9. The fourth-order valence-corrected chi connectivity index (χ4v) is 9.69. The van der Waals surface area contributed by atoms with Gasteiger partial charge < -0.3 is 41.8 Å². The van der Waals surface area contributed by atoms with Gasteiger partial charge in [0.15, 0.2) is 18.7 Å². The summed E-state index contributed by atoms with van der Waals surface area (Å²) >= 11 is 1.50. The number of allylic oxidation sites excluding steroid dienone is 2. The molecule has 0 saturated heterocycles. The van der Waals surface area contributed by atoms with Crippen molar-refractivity contribution in [2.24, 2.45) is 5.92 Å². The topological polar surface area (TPSA) is 238 Å². The van der Waals surface area contributed by atoms with Crippen LogP contribution in [0.3, 0.4) is 0 Å². The van der Waals surface area contributed by atoms with Crippen molar-refractivity contribution in [2.45, 2.75) is 64.5 Å². The smallest absolute Gasteiger partial charge is 0.318 e. The summed E-state index contributed by atoms with van der Waals surface area (Å²) < 4.78 is 3.01. The number of nitrogens with one attached hydrogen (secondary N) is 6. The number of carbonyl (C=O) groups excluding carboxylic acids is 4. The summed E-state index contributed by atoms with van der Waals surface area (Å²) in [4.78, 5) is 82.4. The van der Waals surface area contributed by atoms with Gasteiger partial charge in [-0.15, -0.1) is 16.9 Å². The number of pyridine rings is 1. The maximum absolute atomic E-state index is 13.6. The summed E-state index contributed by atoms with van der Waals surface area (Å²) in [5, 5.41) is 33.7. The third kappa shape index (κ3) is 13.7. The number of aryl methyl sites for hydroxylation is 3. The number of nitrogens with zero attached hydrogens (tertiary/aromatic N) is 4. The molecule has 1 unspecified atom stereocenters. The van der Waals surface area contributed by atoms with E-state index in [-0.39, 0.29) is 31.7 Å². The number of aromatic nitrogens is 2. The minimum atomic E-state index is -1.55. The first-order chi connectivity index (χ1) is 35.8. The number of aliphatic carboxylic acids is 2.